The van der Waals surface area contributed by atoms with Crippen molar-refractivity contribution < 1.29 is 4.79 Å². The minimum atomic E-state index is 0.132. The summed E-state index contributed by atoms with van der Waals surface area (Å²) in [7, 11) is 0. The van der Waals surface area contributed by atoms with Gasteiger partial charge in [-0.15, -0.1) is 0 Å². The van der Waals surface area contributed by atoms with Crippen LogP contribution in [-0.2, 0) is 4.79 Å². The van der Waals surface area contributed by atoms with Gasteiger partial charge in [0.1, 0.15) is 5.82 Å². The molecule has 34 heavy (non-hydrogen) atoms. The van der Waals surface area contributed by atoms with Gasteiger partial charge in [-0.1, -0.05) is 32.1 Å². The van der Waals surface area contributed by atoms with E-state index in [0.717, 1.165) is 44.7 Å². The van der Waals surface area contributed by atoms with Gasteiger partial charge < -0.3 is 21.3 Å². The van der Waals surface area contributed by atoms with E-state index in [9.17, 15) is 4.79 Å². The first-order valence-corrected chi connectivity index (χ1v) is 13.8. The summed E-state index contributed by atoms with van der Waals surface area (Å²) in [5, 5.41) is 6.76. The van der Waals surface area contributed by atoms with E-state index in [0.29, 0.717) is 31.5 Å². The molecule has 3 heterocycles. The molecule has 1 aromatic rings. The third kappa shape index (κ3) is 7.04. The van der Waals surface area contributed by atoms with Crippen molar-refractivity contribution in [1.82, 2.24) is 20.2 Å². The second-order valence-electron chi connectivity index (χ2n) is 10.3. The molecule has 2 saturated heterocycles. The standard InChI is InChI=1S/C26H45N7O/c27-14-9-15-28-25(34)20-23-22(12-8-19-33(23)21-10-4-3-5-11-21)30-26-29-16-13-24(31-26)32-17-6-1-2-7-18-32/h13,16,21-23H,1-12,14-15,17-20,27H2,(H,28,34)(H,29,30,31). The molecule has 1 aliphatic carbocycles. The van der Waals surface area contributed by atoms with Crippen molar-refractivity contribution in [2.45, 2.75) is 102 Å². The highest BCUT2D eigenvalue weighted by atomic mass is 16.1. The molecule has 1 amide bonds. The number of rotatable bonds is 9. The van der Waals surface area contributed by atoms with Crippen LogP contribution in [0, 0.1) is 0 Å². The molecule has 4 N–H and O–H groups in total. The molecule has 2 atom stereocenters. The molecule has 2 unspecified atom stereocenters. The number of carbonyl (C=O) groups excluding carboxylic acids is 1. The van der Waals surface area contributed by atoms with Crippen LogP contribution in [0.5, 0.6) is 0 Å². The molecule has 190 valence electrons. The Morgan fingerprint density at radius 2 is 1.76 bits per heavy atom. The van der Waals surface area contributed by atoms with Gasteiger partial charge in [0.15, 0.2) is 0 Å². The zero-order valence-electron chi connectivity index (χ0n) is 20.9. The lowest BCUT2D eigenvalue weighted by Crippen LogP contribution is -2.57. The second kappa shape index (κ2) is 13.2. The molecule has 8 heteroatoms. The van der Waals surface area contributed by atoms with Crippen LogP contribution in [0.15, 0.2) is 12.3 Å². The second-order valence-corrected chi connectivity index (χ2v) is 10.3. The number of anilines is 2. The Morgan fingerprint density at radius 1 is 1.00 bits per heavy atom. The minimum Gasteiger partial charge on any atom is -0.356 e. The van der Waals surface area contributed by atoms with Gasteiger partial charge in [0.05, 0.1) is 0 Å². The van der Waals surface area contributed by atoms with Crippen LogP contribution in [0.25, 0.3) is 0 Å². The smallest absolute Gasteiger partial charge is 0.224 e. The Bertz CT molecular complexity index is 746. The predicted molar refractivity (Wildman–Crippen MR) is 138 cm³/mol. The number of hydrogen-bond donors (Lipinski definition) is 3. The fourth-order valence-electron chi connectivity index (χ4n) is 6.03. The normalized spacial score (nSPS) is 25.0. The Hall–Kier alpha value is -1.93. The van der Waals surface area contributed by atoms with Gasteiger partial charge in [-0.05, 0) is 64.1 Å². The Morgan fingerprint density at radius 3 is 2.53 bits per heavy atom. The summed E-state index contributed by atoms with van der Waals surface area (Å²) in [6, 6.07) is 2.97. The maximum atomic E-state index is 12.9. The number of carbonyl (C=O) groups is 1. The molecule has 8 nitrogen and oxygen atoms in total. The molecule has 3 aliphatic rings. The lowest BCUT2D eigenvalue weighted by Gasteiger charge is -2.46. The highest BCUT2D eigenvalue weighted by Gasteiger charge is 2.37. The molecule has 2 aliphatic heterocycles. The van der Waals surface area contributed by atoms with Crippen LogP contribution >= 0.6 is 0 Å². The number of nitrogens with zero attached hydrogens (tertiary/aromatic N) is 4. The summed E-state index contributed by atoms with van der Waals surface area (Å²) in [5.41, 5.74) is 5.61. The highest BCUT2D eigenvalue weighted by Crippen LogP contribution is 2.31. The van der Waals surface area contributed by atoms with Crippen LogP contribution in [0.1, 0.15) is 83.5 Å². The molecule has 0 spiro atoms. The van der Waals surface area contributed by atoms with Gasteiger partial charge in [-0.3, -0.25) is 9.69 Å². The fraction of sp³-hybridized carbons (Fsp3) is 0.808. The van der Waals surface area contributed by atoms with E-state index in [1.165, 1.54) is 57.8 Å². The van der Waals surface area contributed by atoms with E-state index in [1.807, 2.05) is 12.3 Å². The lowest BCUT2D eigenvalue weighted by atomic mass is 9.87. The van der Waals surface area contributed by atoms with Crippen molar-refractivity contribution in [2.75, 3.05) is 42.9 Å². The highest BCUT2D eigenvalue weighted by molar-refractivity contribution is 5.76. The van der Waals surface area contributed by atoms with E-state index >= 15 is 0 Å². The molecule has 3 fully saturated rings. The first-order chi connectivity index (χ1) is 16.7. The number of nitrogens with one attached hydrogen (secondary N) is 2. The molecular weight excluding hydrogens is 426 g/mol. The van der Waals surface area contributed by atoms with Gasteiger partial charge in [0.2, 0.25) is 11.9 Å². The average molecular weight is 472 g/mol. The summed E-state index contributed by atoms with van der Waals surface area (Å²) in [6.45, 7) is 4.48. The fourth-order valence-corrected chi connectivity index (χ4v) is 6.03. The molecule has 0 bridgehead atoms. The lowest BCUT2D eigenvalue weighted by molar-refractivity contribution is -0.123. The summed E-state index contributed by atoms with van der Waals surface area (Å²) in [6.07, 6.45) is 16.9. The molecule has 0 aromatic carbocycles. The Balaban J connectivity index is 1.47. The number of hydrogen-bond acceptors (Lipinski definition) is 7. The van der Waals surface area contributed by atoms with Crippen LogP contribution in [0.2, 0.25) is 0 Å². The molecule has 0 radical (unpaired) electrons. The monoisotopic (exact) mass is 471 g/mol. The van der Waals surface area contributed by atoms with Crippen LogP contribution in [-0.4, -0.2) is 71.6 Å². The zero-order valence-corrected chi connectivity index (χ0v) is 20.9. The molecule has 1 aromatic heterocycles. The molecule has 4 rings (SSSR count). The van der Waals surface area contributed by atoms with Crippen molar-refractivity contribution in [3.63, 3.8) is 0 Å². The SMILES string of the molecule is NCCCNC(=O)CC1C(Nc2nccc(N3CCCCCC3)n2)CCCN1C1CCCCC1. The van der Waals surface area contributed by atoms with Crippen LogP contribution < -0.4 is 21.3 Å². The average Bonchev–Trinajstić information content (AvgIpc) is 3.16. The Labute approximate surface area is 205 Å². The number of likely N-dealkylation sites (tertiary alicyclic amines) is 1. The molecule has 1 saturated carbocycles. The van der Waals surface area contributed by atoms with Gasteiger partial charge in [-0.25, -0.2) is 4.98 Å². The van der Waals surface area contributed by atoms with E-state index < -0.39 is 0 Å². The van der Waals surface area contributed by atoms with Crippen molar-refractivity contribution in [2.24, 2.45) is 5.73 Å². The zero-order chi connectivity index (χ0) is 23.6. The van der Waals surface area contributed by atoms with Crippen LogP contribution in [0.3, 0.4) is 0 Å². The third-order valence-electron chi connectivity index (χ3n) is 7.85. The summed E-state index contributed by atoms with van der Waals surface area (Å²) in [5.74, 6) is 1.85. The quantitative estimate of drug-likeness (QED) is 0.475. The van der Waals surface area contributed by atoms with E-state index in [4.69, 9.17) is 10.7 Å². The van der Waals surface area contributed by atoms with Crippen molar-refractivity contribution in [1.29, 1.82) is 0 Å². The largest absolute Gasteiger partial charge is 0.356 e. The van der Waals surface area contributed by atoms with Crippen molar-refractivity contribution in [3.8, 4) is 0 Å². The maximum absolute atomic E-state index is 12.9. The summed E-state index contributed by atoms with van der Waals surface area (Å²) < 4.78 is 0. The third-order valence-corrected chi connectivity index (χ3v) is 7.85. The van der Waals surface area contributed by atoms with Gasteiger partial charge in [0.25, 0.3) is 0 Å². The number of aromatic nitrogens is 2. The van der Waals surface area contributed by atoms with Crippen molar-refractivity contribution >= 4 is 17.7 Å². The minimum absolute atomic E-state index is 0.132. The first kappa shape index (κ1) is 25.2. The predicted octanol–water partition coefficient (Wildman–Crippen LogP) is 3.29. The van der Waals surface area contributed by atoms with Gasteiger partial charge in [-0.2, -0.15) is 4.98 Å². The number of amides is 1. The van der Waals surface area contributed by atoms with E-state index in [-0.39, 0.29) is 18.0 Å². The van der Waals surface area contributed by atoms with Crippen molar-refractivity contribution in [3.05, 3.63) is 12.3 Å². The van der Waals surface area contributed by atoms with E-state index in [1.54, 1.807) is 0 Å². The molecular formula is C26H45N7O. The summed E-state index contributed by atoms with van der Waals surface area (Å²) >= 11 is 0. The maximum Gasteiger partial charge on any atom is 0.224 e. The number of nitrogens with two attached hydrogens (primary N) is 1. The van der Waals surface area contributed by atoms with Crippen LogP contribution in [0.4, 0.5) is 11.8 Å². The Kier molecular flexibility index (Phi) is 9.80. The summed E-state index contributed by atoms with van der Waals surface area (Å²) in [4.78, 5) is 27.4. The topological polar surface area (TPSA) is 99.4 Å². The van der Waals surface area contributed by atoms with Gasteiger partial charge >= 0.3 is 0 Å². The number of piperidine rings is 1. The first-order valence-electron chi connectivity index (χ1n) is 13.8. The van der Waals surface area contributed by atoms with E-state index in [2.05, 4.69) is 25.4 Å². The van der Waals surface area contributed by atoms with Gasteiger partial charge in [0, 0.05) is 50.4 Å².